The Morgan fingerprint density at radius 1 is 1.07 bits per heavy atom. The molecular formula is C18H11AsCl2N3O3S2. The van der Waals surface area contributed by atoms with Crippen LogP contribution in [0.1, 0.15) is 5.56 Å². The fraction of sp³-hybridized carbons (Fsp3) is 0. The van der Waals surface area contributed by atoms with Crippen LogP contribution in [0.5, 0.6) is 0 Å². The van der Waals surface area contributed by atoms with Gasteiger partial charge in [-0.2, -0.15) is 0 Å². The number of nitrogens with one attached hydrogen (secondary N) is 2. The first-order valence-electron chi connectivity index (χ1n) is 7.88. The molecule has 0 atom stereocenters. The van der Waals surface area contributed by atoms with Gasteiger partial charge in [0.2, 0.25) is 0 Å². The molecule has 0 saturated heterocycles. The van der Waals surface area contributed by atoms with Crippen LogP contribution in [0.2, 0.25) is 10.0 Å². The van der Waals surface area contributed by atoms with Crippen molar-refractivity contribution in [2.24, 2.45) is 0 Å². The molecule has 0 aliphatic heterocycles. The number of urea groups is 1. The molecule has 0 unspecified atom stereocenters. The molecule has 3 aromatic rings. The van der Waals surface area contributed by atoms with Gasteiger partial charge in [-0.05, 0) is 0 Å². The van der Waals surface area contributed by atoms with Gasteiger partial charge in [-0.15, -0.1) is 0 Å². The Labute approximate surface area is 187 Å². The van der Waals surface area contributed by atoms with Gasteiger partial charge in [0.05, 0.1) is 0 Å². The number of halogens is 2. The zero-order chi connectivity index (χ0) is 21.0. The quantitative estimate of drug-likeness (QED) is 0.484. The summed E-state index contributed by atoms with van der Waals surface area (Å²) in [5, 5.41) is 16.5. The normalized spacial score (nSPS) is 11.3. The van der Waals surface area contributed by atoms with Crippen LogP contribution in [-0.4, -0.2) is 29.0 Å². The van der Waals surface area contributed by atoms with E-state index in [9.17, 15) is 13.2 Å². The van der Waals surface area contributed by atoms with Gasteiger partial charge >= 0.3 is 188 Å². The standard InChI is InChI=1S/C18H11AsCl2N3O3S2/c20-13-3-1-4-15(17(13)21)24-18(25)23-14-7-6-11(10-22)9-12(14)19-29(26,27)16-5-2-8-28-16/h1-9H,(H2,23,24,25). The molecular weight excluding hydrogens is 516 g/mol. The number of benzene rings is 2. The molecule has 2 amide bonds. The first-order valence-corrected chi connectivity index (χ1v) is 14.2. The molecule has 1 radical (unpaired) electrons. The average molecular weight is 527 g/mol. The fourth-order valence-electron chi connectivity index (χ4n) is 2.24. The Balaban J connectivity index is 1.86. The molecule has 3 rings (SSSR count). The van der Waals surface area contributed by atoms with E-state index in [1.165, 1.54) is 24.3 Å². The van der Waals surface area contributed by atoms with Crippen LogP contribution in [0.4, 0.5) is 16.2 Å². The summed E-state index contributed by atoms with van der Waals surface area (Å²) >= 11 is 11.7. The van der Waals surface area contributed by atoms with E-state index >= 15 is 0 Å². The van der Waals surface area contributed by atoms with Crippen LogP contribution < -0.4 is 15.0 Å². The second-order valence-electron chi connectivity index (χ2n) is 5.52. The number of rotatable bonds is 5. The third-order valence-electron chi connectivity index (χ3n) is 3.54. The van der Waals surface area contributed by atoms with Gasteiger partial charge in [-0.25, -0.2) is 0 Å². The van der Waals surface area contributed by atoms with Gasteiger partial charge in [-0.1, -0.05) is 0 Å². The summed E-state index contributed by atoms with van der Waals surface area (Å²) in [4.78, 5) is 12.4. The second-order valence-corrected chi connectivity index (χ2v) is 14.3. The summed E-state index contributed by atoms with van der Waals surface area (Å²) in [6.45, 7) is 0. The summed E-state index contributed by atoms with van der Waals surface area (Å²) in [5.41, 5.74) is 0.923. The van der Waals surface area contributed by atoms with Crippen molar-refractivity contribution in [2.45, 2.75) is 4.21 Å². The summed E-state index contributed by atoms with van der Waals surface area (Å²) in [7, 11) is -3.53. The van der Waals surface area contributed by atoms with Gasteiger partial charge in [0.15, 0.2) is 0 Å². The number of hydrogen-bond acceptors (Lipinski definition) is 5. The number of amides is 2. The molecule has 0 spiro atoms. The molecule has 6 nitrogen and oxygen atoms in total. The SMILES string of the molecule is N#Cc1ccc(NC(=O)Nc2cccc(Cl)c2Cl)c([As]S(=O)(=O)c2cccs2)c1. The summed E-state index contributed by atoms with van der Waals surface area (Å²) in [5.74, 6) is 0. The molecule has 1 aromatic heterocycles. The average Bonchev–Trinajstić information content (AvgIpc) is 3.22. The maximum atomic E-state index is 12.7. The van der Waals surface area contributed by atoms with Crippen LogP contribution >= 0.6 is 34.5 Å². The molecule has 2 aromatic carbocycles. The predicted molar refractivity (Wildman–Crippen MR) is 117 cm³/mol. The van der Waals surface area contributed by atoms with Crippen LogP contribution in [0.15, 0.2) is 58.1 Å². The number of hydrogen-bond donors (Lipinski definition) is 2. The zero-order valence-corrected chi connectivity index (χ0v) is 19.4. The third-order valence-corrected chi connectivity index (χ3v) is 12.6. The molecule has 0 aliphatic carbocycles. The van der Waals surface area contributed by atoms with Crippen LogP contribution in [0, 0.1) is 11.3 Å². The van der Waals surface area contributed by atoms with Crippen molar-refractivity contribution in [2.75, 3.05) is 10.6 Å². The molecule has 2 N–H and O–H groups in total. The molecule has 1 heterocycles. The number of carbonyl (C=O) groups is 1. The molecule has 0 bridgehead atoms. The van der Waals surface area contributed by atoms with E-state index < -0.39 is 28.7 Å². The molecule has 0 aliphatic rings. The molecule has 0 fully saturated rings. The maximum absolute atomic E-state index is 12.7. The van der Waals surface area contributed by atoms with E-state index in [1.54, 1.807) is 29.6 Å². The Hall–Kier alpha value is -2.01. The molecule has 147 valence electrons. The summed E-state index contributed by atoms with van der Waals surface area (Å²) in [6, 6.07) is 13.9. The van der Waals surface area contributed by atoms with Crippen molar-refractivity contribution in [3.05, 3.63) is 69.5 Å². The van der Waals surface area contributed by atoms with E-state index in [0.29, 0.717) is 21.3 Å². The van der Waals surface area contributed by atoms with E-state index in [2.05, 4.69) is 10.6 Å². The van der Waals surface area contributed by atoms with Gasteiger partial charge in [0.25, 0.3) is 0 Å². The monoisotopic (exact) mass is 526 g/mol. The van der Waals surface area contributed by atoms with E-state index in [1.807, 2.05) is 6.07 Å². The Kier molecular flexibility index (Phi) is 6.88. The molecule has 11 heteroatoms. The fourth-order valence-corrected chi connectivity index (χ4v) is 9.93. The predicted octanol–water partition coefficient (Wildman–Crippen LogP) is 4.29. The minimum atomic E-state index is -3.53. The van der Waals surface area contributed by atoms with E-state index in [0.717, 1.165) is 11.3 Å². The Morgan fingerprint density at radius 3 is 2.52 bits per heavy atom. The number of nitrogens with zero attached hydrogens (tertiary/aromatic N) is 1. The number of carbonyl (C=O) groups excluding carboxylic acids is 1. The topological polar surface area (TPSA) is 99.1 Å². The van der Waals surface area contributed by atoms with Crippen molar-refractivity contribution in [3.63, 3.8) is 0 Å². The van der Waals surface area contributed by atoms with Crippen molar-refractivity contribution >= 4 is 79.0 Å². The van der Waals surface area contributed by atoms with E-state index in [4.69, 9.17) is 28.5 Å². The number of thiophene rings is 1. The molecule has 29 heavy (non-hydrogen) atoms. The summed E-state index contributed by atoms with van der Waals surface area (Å²) in [6.07, 6.45) is 0. The number of nitriles is 1. The van der Waals surface area contributed by atoms with Crippen LogP contribution in [0.25, 0.3) is 0 Å². The third kappa shape index (κ3) is 5.33. The van der Waals surface area contributed by atoms with Gasteiger partial charge in [0, 0.05) is 0 Å². The Bertz CT molecular complexity index is 1210. The second kappa shape index (κ2) is 9.20. The van der Waals surface area contributed by atoms with Crippen molar-refractivity contribution in [1.29, 1.82) is 5.26 Å². The molecule has 0 saturated carbocycles. The number of anilines is 2. The minimum absolute atomic E-state index is 0.191. The van der Waals surface area contributed by atoms with Gasteiger partial charge in [0.1, 0.15) is 0 Å². The van der Waals surface area contributed by atoms with Crippen molar-refractivity contribution in [3.8, 4) is 6.07 Å². The van der Waals surface area contributed by atoms with Crippen LogP contribution in [-0.2, 0) is 8.10 Å². The van der Waals surface area contributed by atoms with Gasteiger partial charge in [-0.3, -0.25) is 0 Å². The zero-order valence-electron chi connectivity index (χ0n) is 14.4. The van der Waals surface area contributed by atoms with Gasteiger partial charge < -0.3 is 0 Å². The summed E-state index contributed by atoms with van der Waals surface area (Å²) < 4.78 is 26.0. The van der Waals surface area contributed by atoms with Crippen molar-refractivity contribution in [1.82, 2.24) is 0 Å². The Morgan fingerprint density at radius 2 is 1.83 bits per heavy atom. The van der Waals surface area contributed by atoms with Crippen LogP contribution in [0.3, 0.4) is 0 Å². The first-order chi connectivity index (χ1) is 13.8. The van der Waals surface area contributed by atoms with Crippen molar-refractivity contribution < 1.29 is 13.2 Å². The van der Waals surface area contributed by atoms with E-state index in [-0.39, 0.29) is 14.3 Å². The first kappa shape index (κ1) is 21.7.